The number of hydrogen-bond donors (Lipinski definition) is 1. The highest BCUT2D eigenvalue weighted by Crippen LogP contribution is 2.27. The normalized spacial score (nSPS) is 14.3. The molecule has 0 bridgehead atoms. The molecule has 12 heavy (non-hydrogen) atoms. The first kappa shape index (κ1) is 11.7. The molecule has 1 heteroatoms. The van der Waals surface area contributed by atoms with Gasteiger partial charge in [0.15, 0.2) is 0 Å². The molecular weight excluding hydrogens is 148 g/mol. The molecule has 0 aromatic carbocycles. The molecule has 0 aliphatic rings. The van der Waals surface area contributed by atoms with Crippen LogP contribution in [0.15, 0.2) is 12.7 Å². The molecule has 0 aliphatic carbocycles. The Bertz CT molecular complexity index is 127. The summed E-state index contributed by atoms with van der Waals surface area (Å²) in [6.45, 7) is 10.0. The van der Waals surface area contributed by atoms with Crippen molar-refractivity contribution >= 4 is 0 Å². The second-order valence-electron chi connectivity index (χ2n) is 4.08. The van der Waals surface area contributed by atoms with Crippen LogP contribution in [-0.2, 0) is 0 Å². The summed E-state index contributed by atoms with van der Waals surface area (Å²) < 4.78 is 0. The van der Waals surface area contributed by atoms with Gasteiger partial charge in [-0.25, -0.2) is 0 Å². The smallest absolute Gasteiger partial charge is 0.0591 e. The fraction of sp³-hybridized carbons (Fsp3) is 0.818. The summed E-state index contributed by atoms with van der Waals surface area (Å²) in [5.41, 5.74) is 0.0706. The van der Waals surface area contributed by atoms with E-state index >= 15 is 0 Å². The average Bonchev–Trinajstić information content (AvgIpc) is 2.05. The van der Waals surface area contributed by atoms with Gasteiger partial charge < -0.3 is 5.11 Å². The van der Waals surface area contributed by atoms with Gasteiger partial charge in [-0.2, -0.15) is 0 Å². The Kier molecular flexibility index (Phi) is 5.23. The maximum absolute atomic E-state index is 9.77. The molecule has 0 rings (SSSR count). The van der Waals surface area contributed by atoms with Crippen molar-refractivity contribution in [3.05, 3.63) is 12.7 Å². The fourth-order valence-electron chi connectivity index (χ4n) is 1.08. The quantitative estimate of drug-likeness (QED) is 0.479. The summed E-state index contributed by atoms with van der Waals surface area (Å²) in [5.74, 6) is 0. The summed E-state index contributed by atoms with van der Waals surface area (Å²) in [7, 11) is 0. The molecule has 0 amide bonds. The van der Waals surface area contributed by atoms with Crippen LogP contribution in [-0.4, -0.2) is 11.2 Å². The van der Waals surface area contributed by atoms with E-state index in [9.17, 15) is 5.11 Å². The Labute approximate surface area is 76.5 Å². The molecule has 0 radical (unpaired) electrons. The maximum Gasteiger partial charge on any atom is 0.0591 e. The van der Waals surface area contributed by atoms with Crippen LogP contribution in [0.3, 0.4) is 0 Å². The van der Waals surface area contributed by atoms with Crippen LogP contribution in [0.4, 0.5) is 0 Å². The first-order chi connectivity index (χ1) is 5.54. The first-order valence-electron chi connectivity index (χ1n) is 4.83. The lowest BCUT2D eigenvalue weighted by Crippen LogP contribution is -2.28. The van der Waals surface area contributed by atoms with Gasteiger partial charge in [-0.1, -0.05) is 26.8 Å². The lowest BCUT2D eigenvalue weighted by atomic mass is 9.81. The molecule has 1 N–H and O–H groups in total. The highest BCUT2D eigenvalue weighted by Gasteiger charge is 2.24. The highest BCUT2D eigenvalue weighted by atomic mass is 16.3. The maximum atomic E-state index is 9.77. The van der Waals surface area contributed by atoms with Gasteiger partial charge in [-0.05, 0) is 31.1 Å². The molecular formula is C11H22O. The van der Waals surface area contributed by atoms with Crippen molar-refractivity contribution in [2.45, 2.75) is 52.6 Å². The molecule has 0 aromatic heterocycles. The van der Waals surface area contributed by atoms with Crippen molar-refractivity contribution < 1.29 is 5.11 Å². The Balaban J connectivity index is 3.70. The molecule has 0 saturated carbocycles. The van der Waals surface area contributed by atoms with Gasteiger partial charge in [0.2, 0.25) is 0 Å². The van der Waals surface area contributed by atoms with Gasteiger partial charge in [0, 0.05) is 0 Å². The second-order valence-corrected chi connectivity index (χ2v) is 4.08. The molecule has 0 spiro atoms. The van der Waals surface area contributed by atoms with Crippen LogP contribution in [0.2, 0.25) is 0 Å². The number of aliphatic hydroxyl groups excluding tert-OH is 1. The van der Waals surface area contributed by atoms with Gasteiger partial charge in [0.25, 0.3) is 0 Å². The minimum atomic E-state index is -0.164. The van der Waals surface area contributed by atoms with E-state index in [2.05, 4.69) is 27.4 Å². The standard InChI is InChI=1S/C11H22O/c1-5-7-8-9-10(12)11(3,4)6-2/h5,10,12H,1,6-9H2,2-4H3. The molecule has 0 saturated heterocycles. The molecule has 0 aromatic rings. The predicted molar refractivity (Wildman–Crippen MR) is 54.1 cm³/mol. The van der Waals surface area contributed by atoms with E-state index in [4.69, 9.17) is 0 Å². The van der Waals surface area contributed by atoms with Crippen LogP contribution < -0.4 is 0 Å². The largest absolute Gasteiger partial charge is 0.393 e. The van der Waals surface area contributed by atoms with E-state index < -0.39 is 0 Å². The van der Waals surface area contributed by atoms with Crippen molar-refractivity contribution in [2.75, 3.05) is 0 Å². The fourth-order valence-corrected chi connectivity index (χ4v) is 1.08. The summed E-state index contributed by atoms with van der Waals surface area (Å²) in [4.78, 5) is 0. The summed E-state index contributed by atoms with van der Waals surface area (Å²) in [6, 6.07) is 0. The van der Waals surface area contributed by atoms with Crippen LogP contribution in [0, 0.1) is 5.41 Å². The van der Waals surface area contributed by atoms with Gasteiger partial charge >= 0.3 is 0 Å². The van der Waals surface area contributed by atoms with E-state index in [1.165, 1.54) is 0 Å². The number of allylic oxidation sites excluding steroid dienone is 1. The summed E-state index contributed by atoms with van der Waals surface area (Å²) in [5, 5.41) is 9.77. The lowest BCUT2D eigenvalue weighted by molar-refractivity contribution is 0.0392. The van der Waals surface area contributed by atoms with Gasteiger partial charge in [0.1, 0.15) is 0 Å². The topological polar surface area (TPSA) is 20.2 Å². The van der Waals surface area contributed by atoms with E-state index in [0.717, 1.165) is 25.7 Å². The minimum Gasteiger partial charge on any atom is -0.393 e. The van der Waals surface area contributed by atoms with Crippen LogP contribution in [0.25, 0.3) is 0 Å². The summed E-state index contributed by atoms with van der Waals surface area (Å²) in [6.07, 6.45) is 5.73. The SMILES string of the molecule is C=CCCCC(O)C(C)(C)CC. The van der Waals surface area contributed by atoms with E-state index in [1.807, 2.05) is 6.08 Å². The third-order valence-corrected chi connectivity index (χ3v) is 2.70. The zero-order valence-electron chi connectivity index (χ0n) is 8.64. The number of aliphatic hydroxyl groups is 1. The first-order valence-corrected chi connectivity index (χ1v) is 4.83. The van der Waals surface area contributed by atoms with Crippen molar-refractivity contribution in [3.63, 3.8) is 0 Å². The molecule has 0 fully saturated rings. The van der Waals surface area contributed by atoms with Crippen LogP contribution in [0.5, 0.6) is 0 Å². The van der Waals surface area contributed by atoms with Gasteiger partial charge in [0.05, 0.1) is 6.10 Å². The van der Waals surface area contributed by atoms with Gasteiger partial charge in [-0.15, -0.1) is 6.58 Å². The zero-order chi connectivity index (χ0) is 9.61. The Morgan fingerprint density at radius 3 is 2.50 bits per heavy atom. The molecule has 1 nitrogen and oxygen atoms in total. The third kappa shape index (κ3) is 3.91. The highest BCUT2D eigenvalue weighted by molar-refractivity contribution is 4.77. The Morgan fingerprint density at radius 2 is 2.08 bits per heavy atom. The minimum absolute atomic E-state index is 0.0706. The Morgan fingerprint density at radius 1 is 1.50 bits per heavy atom. The third-order valence-electron chi connectivity index (χ3n) is 2.70. The predicted octanol–water partition coefficient (Wildman–Crippen LogP) is 3.14. The number of rotatable bonds is 6. The molecule has 0 heterocycles. The lowest BCUT2D eigenvalue weighted by Gasteiger charge is -2.29. The van der Waals surface area contributed by atoms with Gasteiger partial charge in [-0.3, -0.25) is 0 Å². The zero-order valence-corrected chi connectivity index (χ0v) is 8.64. The van der Waals surface area contributed by atoms with E-state index in [1.54, 1.807) is 0 Å². The van der Waals surface area contributed by atoms with E-state index in [-0.39, 0.29) is 11.5 Å². The van der Waals surface area contributed by atoms with E-state index in [0.29, 0.717) is 0 Å². The second kappa shape index (κ2) is 5.36. The average molecular weight is 170 g/mol. The summed E-state index contributed by atoms with van der Waals surface area (Å²) >= 11 is 0. The van der Waals surface area contributed by atoms with Crippen LogP contribution in [0.1, 0.15) is 46.5 Å². The van der Waals surface area contributed by atoms with Crippen molar-refractivity contribution in [3.8, 4) is 0 Å². The van der Waals surface area contributed by atoms with Crippen molar-refractivity contribution in [1.82, 2.24) is 0 Å². The van der Waals surface area contributed by atoms with Crippen molar-refractivity contribution in [2.24, 2.45) is 5.41 Å². The molecule has 1 atom stereocenters. The van der Waals surface area contributed by atoms with Crippen LogP contribution >= 0.6 is 0 Å². The number of hydrogen-bond acceptors (Lipinski definition) is 1. The molecule has 72 valence electrons. The number of unbranched alkanes of at least 4 members (excludes halogenated alkanes) is 1. The Hall–Kier alpha value is -0.300. The molecule has 0 aliphatic heterocycles. The molecule has 1 unspecified atom stereocenters. The van der Waals surface area contributed by atoms with Crippen molar-refractivity contribution in [1.29, 1.82) is 0 Å². The monoisotopic (exact) mass is 170 g/mol.